The largest absolute Gasteiger partial charge is 0.515 e. The summed E-state index contributed by atoms with van der Waals surface area (Å²) >= 11 is 1.18. The molecule has 0 spiro atoms. The summed E-state index contributed by atoms with van der Waals surface area (Å²) in [5, 5.41) is 4.91. The van der Waals surface area contributed by atoms with Gasteiger partial charge in [0.15, 0.2) is 11.5 Å². The predicted molar refractivity (Wildman–Crippen MR) is 140 cm³/mol. The number of carbonyl (C=O) groups is 2. The van der Waals surface area contributed by atoms with E-state index >= 15 is 0 Å². The summed E-state index contributed by atoms with van der Waals surface area (Å²) in [6.07, 6.45) is 0.586. The first-order valence-corrected chi connectivity index (χ1v) is 12.8. The molecule has 0 saturated heterocycles. The second kappa shape index (κ2) is 13.7. The molecule has 10 nitrogen and oxygen atoms in total. The van der Waals surface area contributed by atoms with Gasteiger partial charge in [-0.1, -0.05) is 17.4 Å². The average molecular weight is 532 g/mol. The Kier molecular flexibility index (Phi) is 10.3. The molecule has 1 amide bonds. The second-order valence-corrected chi connectivity index (χ2v) is 8.83. The molecule has 1 N–H and O–H groups in total. The molecule has 0 aliphatic heterocycles. The Hall–Kier alpha value is -3.57. The van der Waals surface area contributed by atoms with Crippen molar-refractivity contribution in [2.45, 2.75) is 33.2 Å². The molecular formula is C26H33N3O7S. The highest BCUT2D eigenvalue weighted by Crippen LogP contribution is 2.32. The highest BCUT2D eigenvalue weighted by atomic mass is 32.1. The number of carbonyl (C=O) groups excluding carboxylic acids is 2. The van der Waals surface area contributed by atoms with Gasteiger partial charge in [-0.2, -0.15) is 0 Å². The van der Waals surface area contributed by atoms with Crippen LogP contribution in [0, 0.1) is 6.92 Å². The van der Waals surface area contributed by atoms with E-state index in [1.165, 1.54) is 11.3 Å². The Morgan fingerprint density at radius 1 is 1.11 bits per heavy atom. The Balaban J connectivity index is 1.89. The highest BCUT2D eigenvalue weighted by molar-refractivity contribution is 7.11. The van der Waals surface area contributed by atoms with Crippen molar-refractivity contribution in [3.05, 3.63) is 46.5 Å². The first-order valence-electron chi connectivity index (χ1n) is 11.9. The number of benzene rings is 1. The van der Waals surface area contributed by atoms with Gasteiger partial charge in [0.1, 0.15) is 5.69 Å². The van der Waals surface area contributed by atoms with Gasteiger partial charge in [-0.15, -0.1) is 0 Å². The molecule has 0 aliphatic rings. The van der Waals surface area contributed by atoms with Crippen LogP contribution in [0.15, 0.2) is 29.6 Å². The van der Waals surface area contributed by atoms with Gasteiger partial charge in [-0.3, -0.25) is 4.79 Å². The maximum atomic E-state index is 13.0. The van der Waals surface area contributed by atoms with Crippen LogP contribution >= 0.6 is 11.3 Å². The molecule has 37 heavy (non-hydrogen) atoms. The zero-order valence-electron chi connectivity index (χ0n) is 21.8. The summed E-state index contributed by atoms with van der Waals surface area (Å²) in [6, 6.07) is 7.61. The minimum absolute atomic E-state index is 0.169. The molecule has 11 heteroatoms. The lowest BCUT2D eigenvalue weighted by molar-refractivity contribution is 0.0947. The summed E-state index contributed by atoms with van der Waals surface area (Å²) in [5.74, 6) is 1.15. The maximum Gasteiger partial charge on any atom is 0.515 e. The minimum atomic E-state index is -0.806. The number of aryl methyl sites for hydroxylation is 1. The highest BCUT2D eigenvalue weighted by Gasteiger charge is 2.21. The summed E-state index contributed by atoms with van der Waals surface area (Å²) < 4.78 is 27.9. The lowest BCUT2D eigenvalue weighted by Crippen LogP contribution is -2.25. The summed E-state index contributed by atoms with van der Waals surface area (Å²) in [4.78, 5) is 29.1. The number of aromatic nitrogens is 2. The van der Waals surface area contributed by atoms with Gasteiger partial charge in [0, 0.05) is 37.9 Å². The van der Waals surface area contributed by atoms with Gasteiger partial charge in [-0.25, -0.2) is 9.78 Å². The van der Waals surface area contributed by atoms with Crippen LogP contribution in [0.1, 0.15) is 35.0 Å². The molecule has 2 aromatic heterocycles. The van der Waals surface area contributed by atoms with E-state index in [2.05, 4.69) is 10.3 Å². The lowest BCUT2D eigenvalue weighted by atomic mass is 10.1. The number of rotatable bonds is 13. The van der Waals surface area contributed by atoms with E-state index in [1.807, 2.05) is 35.8 Å². The van der Waals surface area contributed by atoms with Crippen molar-refractivity contribution < 1.29 is 33.3 Å². The number of nitrogens with one attached hydrogen (secondary N) is 1. The third-order valence-corrected chi connectivity index (χ3v) is 6.39. The Morgan fingerprint density at radius 3 is 2.59 bits per heavy atom. The van der Waals surface area contributed by atoms with Crippen molar-refractivity contribution in [3.8, 4) is 28.1 Å². The molecule has 200 valence electrons. The number of amides is 1. The first kappa shape index (κ1) is 28.0. The lowest BCUT2D eigenvalue weighted by Gasteiger charge is -2.13. The van der Waals surface area contributed by atoms with Crippen LogP contribution < -0.4 is 19.5 Å². The maximum absolute atomic E-state index is 13.0. The predicted octanol–water partition coefficient (Wildman–Crippen LogP) is 4.48. The minimum Gasteiger partial charge on any atom is -0.493 e. The van der Waals surface area contributed by atoms with E-state index in [1.54, 1.807) is 33.6 Å². The van der Waals surface area contributed by atoms with Crippen molar-refractivity contribution in [2.75, 3.05) is 41.1 Å². The van der Waals surface area contributed by atoms with E-state index < -0.39 is 6.16 Å². The molecule has 0 aliphatic carbocycles. The van der Waals surface area contributed by atoms with Crippen LogP contribution in [0.2, 0.25) is 0 Å². The van der Waals surface area contributed by atoms with Crippen molar-refractivity contribution in [1.29, 1.82) is 0 Å². The zero-order valence-corrected chi connectivity index (χ0v) is 22.6. The molecule has 0 saturated carbocycles. The second-order valence-electron chi connectivity index (χ2n) is 8.01. The summed E-state index contributed by atoms with van der Waals surface area (Å²) in [6.45, 7) is 5.47. The smallest absolute Gasteiger partial charge is 0.493 e. The van der Waals surface area contributed by atoms with E-state index in [9.17, 15) is 9.59 Å². The number of hydrogen-bond acceptors (Lipinski definition) is 9. The fraction of sp³-hybridized carbons (Fsp3) is 0.423. The molecule has 0 atom stereocenters. The van der Waals surface area contributed by atoms with Gasteiger partial charge in [0.25, 0.3) is 11.1 Å². The topological polar surface area (TPSA) is 110 Å². The van der Waals surface area contributed by atoms with Crippen LogP contribution in [0.25, 0.3) is 11.4 Å². The number of hydrogen-bond donors (Lipinski definition) is 1. The van der Waals surface area contributed by atoms with E-state index in [-0.39, 0.29) is 17.7 Å². The monoisotopic (exact) mass is 531 g/mol. The molecule has 0 bridgehead atoms. The fourth-order valence-electron chi connectivity index (χ4n) is 3.81. The SMILES string of the molecule is CCOC(=O)Oc1nc(-c2cc(C(=O)NCCCOC)c(C)n2CCc2ccc(OC)c(OC)c2)cs1. The Morgan fingerprint density at radius 2 is 1.89 bits per heavy atom. The van der Waals surface area contributed by atoms with Crippen LogP contribution in [0.4, 0.5) is 4.79 Å². The Labute approximate surface area is 220 Å². The van der Waals surface area contributed by atoms with Crippen molar-refractivity contribution in [3.63, 3.8) is 0 Å². The number of thiazole rings is 1. The van der Waals surface area contributed by atoms with Crippen LogP contribution in [0.5, 0.6) is 16.7 Å². The van der Waals surface area contributed by atoms with E-state index in [4.69, 9.17) is 23.7 Å². The molecule has 1 aromatic carbocycles. The van der Waals surface area contributed by atoms with Crippen LogP contribution in [0.3, 0.4) is 0 Å². The number of methoxy groups -OCH3 is 3. The quantitative estimate of drug-likeness (QED) is 0.254. The summed E-state index contributed by atoms with van der Waals surface area (Å²) in [5.41, 5.74) is 3.75. The van der Waals surface area contributed by atoms with Gasteiger partial charge >= 0.3 is 6.16 Å². The standard InChI is InChI=1S/C26H33N3O7S/c1-6-35-26(31)36-25-28-20(16-37-25)21-15-19(24(30)27-11-7-13-32-3)17(2)29(21)12-10-18-8-9-22(33-4)23(14-18)34-5/h8-9,14-16H,6-7,10-13H2,1-5H3,(H,27,30). The molecule has 3 aromatic rings. The Bertz CT molecular complexity index is 1200. The van der Waals surface area contributed by atoms with Crippen LogP contribution in [-0.2, 0) is 22.4 Å². The van der Waals surface area contributed by atoms with E-state index in [0.29, 0.717) is 48.9 Å². The van der Waals surface area contributed by atoms with Crippen molar-refractivity contribution in [2.24, 2.45) is 0 Å². The third-order valence-electron chi connectivity index (χ3n) is 5.67. The average Bonchev–Trinajstić information content (AvgIpc) is 3.49. The van der Waals surface area contributed by atoms with Gasteiger partial charge in [0.2, 0.25) is 0 Å². The molecule has 0 radical (unpaired) electrons. The van der Waals surface area contributed by atoms with Crippen molar-refractivity contribution in [1.82, 2.24) is 14.9 Å². The number of nitrogens with zero attached hydrogens (tertiary/aromatic N) is 2. The van der Waals surface area contributed by atoms with Crippen LogP contribution in [-0.4, -0.2) is 62.7 Å². The third kappa shape index (κ3) is 7.23. The van der Waals surface area contributed by atoms with Gasteiger partial charge in [0.05, 0.1) is 32.1 Å². The molecule has 3 rings (SSSR count). The molecule has 0 unspecified atom stereocenters. The number of ether oxygens (including phenoxy) is 5. The van der Waals surface area contributed by atoms with E-state index in [0.717, 1.165) is 23.4 Å². The summed E-state index contributed by atoms with van der Waals surface area (Å²) in [7, 11) is 4.83. The van der Waals surface area contributed by atoms with Crippen molar-refractivity contribution >= 4 is 23.4 Å². The molecule has 2 heterocycles. The normalized spacial score (nSPS) is 10.7. The van der Waals surface area contributed by atoms with Gasteiger partial charge < -0.3 is 33.6 Å². The molecule has 0 fully saturated rings. The fourth-order valence-corrected chi connectivity index (χ4v) is 4.46. The van der Waals surface area contributed by atoms with Gasteiger partial charge in [-0.05, 0) is 50.5 Å². The zero-order chi connectivity index (χ0) is 26.8. The molecular weight excluding hydrogens is 498 g/mol. The first-order chi connectivity index (χ1) is 17.9.